The Labute approximate surface area is 248 Å². The molecule has 3 atom stereocenters. The number of aliphatic hydroxyl groups excluding tert-OH is 1. The number of nitrogen functional groups attached to an aromatic ring is 1. The third kappa shape index (κ3) is 6.21. The molecule has 1 amide bonds. The van der Waals surface area contributed by atoms with Crippen LogP contribution in [0, 0.1) is 6.92 Å². The van der Waals surface area contributed by atoms with Gasteiger partial charge in [-0.1, -0.05) is 18.2 Å². The first kappa shape index (κ1) is 31.2. The molecule has 1 aliphatic carbocycles. The Morgan fingerprint density at radius 2 is 1.81 bits per heavy atom. The van der Waals surface area contributed by atoms with E-state index in [0.29, 0.717) is 22.0 Å². The van der Waals surface area contributed by atoms with Gasteiger partial charge < -0.3 is 35.9 Å². The average Bonchev–Trinajstić information content (AvgIpc) is 3.62. The van der Waals surface area contributed by atoms with Gasteiger partial charge in [-0.05, 0) is 51.6 Å². The smallest absolute Gasteiger partial charge is 0.265 e. The number of anilines is 1. The molecule has 3 aliphatic rings. The number of hydrogen-bond donors (Lipinski definition) is 4. The molecule has 2 aliphatic heterocycles. The number of primary amides is 1. The molecule has 3 unspecified atom stereocenters. The summed E-state index contributed by atoms with van der Waals surface area (Å²) in [5.74, 6) is 0.731. The molecule has 2 aromatic carbocycles. The van der Waals surface area contributed by atoms with Crippen LogP contribution in [-0.4, -0.2) is 81.6 Å². The number of nitrogens with zero attached hydrogens (tertiary/aromatic N) is 2. The Kier molecular flexibility index (Phi) is 9.72. The van der Waals surface area contributed by atoms with Crippen LogP contribution in [0.15, 0.2) is 47.5 Å². The van der Waals surface area contributed by atoms with Crippen molar-refractivity contribution < 1.29 is 28.4 Å². The molecule has 12 heteroatoms. The fraction of sp³-hybridized carbons (Fsp3) is 0.400. The lowest BCUT2D eigenvalue weighted by Crippen LogP contribution is -2.45. The number of likely N-dealkylation sites (N-methyl/N-ethyl adjacent to an activating group) is 1. The molecular formula is C30H39N5O6S. The predicted octanol–water partition coefficient (Wildman–Crippen LogP) is 2.77. The summed E-state index contributed by atoms with van der Waals surface area (Å²) in [6, 6.07) is 13.0. The number of aryl methyl sites for hydroxylation is 1. The highest BCUT2D eigenvalue weighted by molar-refractivity contribution is 7.82. The van der Waals surface area contributed by atoms with Crippen LogP contribution in [0.5, 0.6) is 11.5 Å². The number of piperazine rings is 1. The second-order valence-corrected chi connectivity index (χ2v) is 12.0. The minimum absolute atomic E-state index is 0.0503. The second-order valence-electron chi connectivity index (χ2n) is 10.6. The standard InChI is InChI=1S/C18H17NO3.C11H18N4O2S.CH4O/c1-9(2)21-10-6-7-11-14(8-10)22-18-12-4-3-5-13(19)15(12)17(20)16(11)18;1-8-7-9(13-10(8)11(12)16)18(17)15-5-3-14(2)4-6-15;1-2/h3-9,16,18H,19H2,1-2H3;7,13H,3-6H2,1-2H3,(H2,12,16);2H,1H3. The van der Waals surface area contributed by atoms with Crippen LogP contribution in [0.25, 0.3) is 0 Å². The van der Waals surface area contributed by atoms with Crippen molar-refractivity contribution in [2.75, 3.05) is 46.1 Å². The Morgan fingerprint density at radius 1 is 1.12 bits per heavy atom. The first-order chi connectivity index (χ1) is 20.0. The molecule has 1 saturated heterocycles. The summed E-state index contributed by atoms with van der Waals surface area (Å²) < 4.78 is 26.0. The van der Waals surface area contributed by atoms with Crippen LogP contribution < -0.4 is 20.9 Å². The molecule has 42 heavy (non-hydrogen) atoms. The van der Waals surface area contributed by atoms with Crippen LogP contribution in [0.3, 0.4) is 0 Å². The molecule has 0 radical (unpaired) electrons. The van der Waals surface area contributed by atoms with Gasteiger partial charge in [-0.25, -0.2) is 8.51 Å². The van der Waals surface area contributed by atoms with Crippen LogP contribution in [0.2, 0.25) is 0 Å². The Bertz CT molecular complexity index is 1480. The summed E-state index contributed by atoms with van der Waals surface area (Å²) in [5.41, 5.74) is 15.2. The van der Waals surface area contributed by atoms with Gasteiger partial charge in [-0.15, -0.1) is 0 Å². The van der Waals surface area contributed by atoms with E-state index in [1.165, 1.54) is 0 Å². The first-order valence-electron chi connectivity index (χ1n) is 13.7. The highest BCUT2D eigenvalue weighted by Crippen LogP contribution is 2.54. The number of aromatic amines is 1. The van der Waals surface area contributed by atoms with Crippen molar-refractivity contribution >= 4 is 28.4 Å². The average molecular weight is 598 g/mol. The van der Waals surface area contributed by atoms with Crippen LogP contribution in [0.1, 0.15) is 63.4 Å². The number of carbonyl (C=O) groups excluding carboxylic acids is 2. The second kappa shape index (κ2) is 13.1. The van der Waals surface area contributed by atoms with E-state index in [2.05, 4.69) is 9.88 Å². The molecule has 1 aromatic heterocycles. The summed E-state index contributed by atoms with van der Waals surface area (Å²) in [6.45, 7) is 9.04. The quantitative estimate of drug-likeness (QED) is 0.326. The zero-order valence-electron chi connectivity index (χ0n) is 24.5. The summed E-state index contributed by atoms with van der Waals surface area (Å²) in [5, 5.41) is 7.55. The lowest BCUT2D eigenvalue weighted by Gasteiger charge is -2.30. The van der Waals surface area contributed by atoms with Gasteiger partial charge in [-0.3, -0.25) is 9.59 Å². The SMILES string of the molecule is CC(C)Oc1ccc2c(c1)OC1c3cccc(N)c3C(=O)C21.CO.Cc1cc(S(=O)N2CCN(C)CC2)[nH]c1C(N)=O. The van der Waals surface area contributed by atoms with E-state index in [9.17, 15) is 13.8 Å². The number of Topliss-reactive ketones (excluding diaryl/α,β-unsaturated/α-hetero) is 1. The maximum absolute atomic E-state index is 12.7. The van der Waals surface area contributed by atoms with Crippen LogP contribution in [0.4, 0.5) is 5.69 Å². The number of fused-ring (bicyclic) bond motifs is 5. The molecule has 3 aromatic rings. The number of hydrogen-bond acceptors (Lipinski definition) is 8. The summed E-state index contributed by atoms with van der Waals surface area (Å²) in [4.78, 5) is 28.9. The van der Waals surface area contributed by atoms with Crippen molar-refractivity contribution in [3.8, 4) is 11.5 Å². The van der Waals surface area contributed by atoms with E-state index >= 15 is 0 Å². The lowest BCUT2D eigenvalue weighted by atomic mass is 9.95. The Hall–Kier alpha value is -3.71. The maximum Gasteiger partial charge on any atom is 0.265 e. The third-order valence-electron chi connectivity index (χ3n) is 7.33. The van der Waals surface area contributed by atoms with E-state index in [4.69, 9.17) is 26.0 Å². The monoisotopic (exact) mass is 597 g/mol. The zero-order chi connectivity index (χ0) is 30.7. The van der Waals surface area contributed by atoms with Crippen molar-refractivity contribution in [2.45, 2.75) is 43.9 Å². The van der Waals surface area contributed by atoms with Crippen molar-refractivity contribution in [1.82, 2.24) is 14.2 Å². The van der Waals surface area contributed by atoms with Crippen molar-refractivity contribution in [3.05, 3.63) is 70.4 Å². The van der Waals surface area contributed by atoms with Gasteiger partial charge in [-0.2, -0.15) is 0 Å². The Balaban J connectivity index is 0.000000186. The largest absolute Gasteiger partial charge is 0.491 e. The van der Waals surface area contributed by atoms with Crippen molar-refractivity contribution in [1.29, 1.82) is 0 Å². The highest BCUT2D eigenvalue weighted by atomic mass is 32.2. The van der Waals surface area contributed by atoms with Crippen LogP contribution in [-0.2, 0) is 11.0 Å². The Morgan fingerprint density at radius 3 is 2.43 bits per heavy atom. The van der Waals surface area contributed by atoms with Gasteiger partial charge in [0.25, 0.3) is 5.91 Å². The minimum atomic E-state index is -1.25. The fourth-order valence-electron chi connectivity index (χ4n) is 5.34. The zero-order valence-corrected chi connectivity index (χ0v) is 25.4. The van der Waals surface area contributed by atoms with Gasteiger partial charge in [0.1, 0.15) is 39.3 Å². The fourth-order valence-corrected chi connectivity index (χ4v) is 6.58. The summed E-state index contributed by atoms with van der Waals surface area (Å²) in [7, 11) is 1.80. The molecule has 11 nitrogen and oxygen atoms in total. The number of rotatable bonds is 5. The molecule has 0 bridgehead atoms. The van der Waals surface area contributed by atoms with Gasteiger partial charge in [0.05, 0.1) is 12.0 Å². The third-order valence-corrected chi connectivity index (χ3v) is 8.76. The van der Waals surface area contributed by atoms with Crippen molar-refractivity contribution in [2.24, 2.45) is 5.73 Å². The van der Waals surface area contributed by atoms with E-state index in [0.717, 1.165) is 61.5 Å². The van der Waals surface area contributed by atoms with Gasteiger partial charge in [0.15, 0.2) is 5.78 Å². The van der Waals surface area contributed by atoms with Crippen LogP contribution >= 0.6 is 0 Å². The predicted molar refractivity (Wildman–Crippen MR) is 161 cm³/mol. The number of amides is 1. The number of ether oxygens (including phenoxy) is 2. The maximum atomic E-state index is 12.7. The molecular weight excluding hydrogens is 558 g/mol. The van der Waals surface area contributed by atoms with E-state index < -0.39 is 16.9 Å². The van der Waals surface area contributed by atoms with Gasteiger partial charge in [0, 0.05) is 61.7 Å². The number of benzene rings is 2. The van der Waals surface area contributed by atoms with E-state index in [1.807, 2.05) is 55.5 Å². The number of aromatic nitrogens is 1. The number of H-pyrrole nitrogens is 1. The topological polar surface area (TPSA) is 164 Å². The van der Waals surface area contributed by atoms with E-state index in [1.54, 1.807) is 19.1 Å². The van der Waals surface area contributed by atoms with Gasteiger partial charge >= 0.3 is 0 Å². The van der Waals surface area contributed by atoms with E-state index in [-0.39, 0.29) is 23.9 Å². The van der Waals surface area contributed by atoms with Crippen molar-refractivity contribution in [3.63, 3.8) is 0 Å². The number of carbonyl (C=O) groups is 2. The number of ketones is 1. The molecule has 6 rings (SSSR count). The summed E-state index contributed by atoms with van der Waals surface area (Å²) >= 11 is 0. The molecule has 6 N–H and O–H groups in total. The molecule has 226 valence electrons. The minimum Gasteiger partial charge on any atom is -0.491 e. The lowest BCUT2D eigenvalue weighted by molar-refractivity contribution is 0.0934. The van der Waals surface area contributed by atoms with Gasteiger partial charge in [0.2, 0.25) is 0 Å². The summed E-state index contributed by atoms with van der Waals surface area (Å²) in [6.07, 6.45) is -0.170. The number of aliphatic hydroxyl groups is 1. The normalized spacial score (nSPS) is 19.8. The molecule has 3 heterocycles. The molecule has 1 fully saturated rings. The highest BCUT2D eigenvalue weighted by Gasteiger charge is 2.48. The number of nitrogens with two attached hydrogens (primary N) is 2. The molecule has 0 saturated carbocycles. The first-order valence-corrected chi connectivity index (χ1v) is 14.8. The number of nitrogens with one attached hydrogen (secondary N) is 1. The molecule has 0 spiro atoms.